The number of carbonyl (C=O) groups excluding carboxylic acids is 1. The lowest BCUT2D eigenvalue weighted by atomic mass is 9.96. The van der Waals surface area contributed by atoms with E-state index in [0.29, 0.717) is 31.0 Å². The van der Waals surface area contributed by atoms with Gasteiger partial charge in [-0.15, -0.1) is 11.8 Å². The standard InChI is InChI=1S/C21H29N3O2S/c1-21(2,3)20-23-19(26-24-20)10-6-9-18(25)22-15-11-13-17(14-12-15)27-16-7-4-5-8-16/h11-14,16H,4-10H2,1-3H3,(H,22,25). The highest BCUT2D eigenvalue weighted by atomic mass is 32.2. The van der Waals surface area contributed by atoms with Crippen LogP contribution in [-0.2, 0) is 16.6 Å². The zero-order valence-corrected chi connectivity index (χ0v) is 17.3. The molecule has 0 saturated heterocycles. The van der Waals surface area contributed by atoms with Crippen molar-refractivity contribution in [3.8, 4) is 0 Å². The summed E-state index contributed by atoms with van der Waals surface area (Å²) >= 11 is 1.96. The Kier molecular flexibility index (Phi) is 6.58. The van der Waals surface area contributed by atoms with Crippen molar-refractivity contribution in [1.29, 1.82) is 0 Å². The number of thioether (sulfide) groups is 1. The van der Waals surface area contributed by atoms with Gasteiger partial charge in [-0.3, -0.25) is 4.79 Å². The molecule has 0 unspecified atom stereocenters. The highest BCUT2D eigenvalue weighted by Gasteiger charge is 2.21. The topological polar surface area (TPSA) is 68.0 Å². The zero-order chi connectivity index (χ0) is 19.3. The van der Waals surface area contributed by atoms with Crippen LogP contribution in [-0.4, -0.2) is 21.3 Å². The minimum absolute atomic E-state index is 0.0155. The molecule has 0 bridgehead atoms. The quantitative estimate of drug-likeness (QED) is 0.692. The summed E-state index contributed by atoms with van der Waals surface area (Å²) in [7, 11) is 0. The fourth-order valence-electron chi connectivity index (χ4n) is 3.10. The molecular weight excluding hydrogens is 358 g/mol. The molecule has 1 aromatic heterocycles. The summed E-state index contributed by atoms with van der Waals surface area (Å²) in [6.07, 6.45) is 7.09. The molecule has 1 N–H and O–H groups in total. The lowest BCUT2D eigenvalue weighted by Gasteiger charge is -2.10. The maximum Gasteiger partial charge on any atom is 0.226 e. The van der Waals surface area contributed by atoms with E-state index < -0.39 is 0 Å². The lowest BCUT2D eigenvalue weighted by Crippen LogP contribution is -2.13. The van der Waals surface area contributed by atoms with E-state index in [1.54, 1.807) is 0 Å². The molecule has 1 aromatic carbocycles. The summed E-state index contributed by atoms with van der Waals surface area (Å²) in [5.41, 5.74) is 0.727. The highest BCUT2D eigenvalue weighted by Crippen LogP contribution is 2.34. The second-order valence-electron chi connectivity index (χ2n) is 8.21. The molecule has 146 valence electrons. The van der Waals surface area contributed by atoms with Crippen LogP contribution in [0.5, 0.6) is 0 Å². The van der Waals surface area contributed by atoms with Gasteiger partial charge in [0.05, 0.1) is 0 Å². The number of rotatable bonds is 7. The number of nitrogens with one attached hydrogen (secondary N) is 1. The Hall–Kier alpha value is -1.82. The van der Waals surface area contributed by atoms with E-state index >= 15 is 0 Å². The molecule has 0 aliphatic heterocycles. The molecule has 3 rings (SSSR count). The summed E-state index contributed by atoms with van der Waals surface area (Å²) in [4.78, 5) is 17.8. The second kappa shape index (κ2) is 8.91. The Balaban J connectivity index is 1.40. The molecular formula is C21H29N3O2S. The monoisotopic (exact) mass is 387 g/mol. The fourth-order valence-corrected chi connectivity index (χ4v) is 4.35. The van der Waals surface area contributed by atoms with Crippen LogP contribution in [0.15, 0.2) is 33.7 Å². The molecule has 1 aliphatic rings. The van der Waals surface area contributed by atoms with Gasteiger partial charge in [-0.05, 0) is 43.5 Å². The molecule has 0 radical (unpaired) electrons. The third-order valence-corrected chi connectivity index (χ3v) is 6.03. The number of aromatic nitrogens is 2. The Morgan fingerprint density at radius 1 is 1.22 bits per heavy atom. The van der Waals surface area contributed by atoms with Gasteiger partial charge in [-0.25, -0.2) is 0 Å². The van der Waals surface area contributed by atoms with Crippen molar-refractivity contribution >= 4 is 23.4 Å². The lowest BCUT2D eigenvalue weighted by molar-refractivity contribution is -0.116. The van der Waals surface area contributed by atoms with Gasteiger partial charge in [-0.2, -0.15) is 4.98 Å². The van der Waals surface area contributed by atoms with Crippen LogP contribution < -0.4 is 5.32 Å². The van der Waals surface area contributed by atoms with Gasteiger partial charge >= 0.3 is 0 Å². The third-order valence-electron chi connectivity index (χ3n) is 4.68. The molecule has 27 heavy (non-hydrogen) atoms. The van der Waals surface area contributed by atoms with E-state index in [2.05, 4.69) is 27.6 Å². The van der Waals surface area contributed by atoms with Crippen molar-refractivity contribution in [2.75, 3.05) is 5.32 Å². The number of benzene rings is 1. The Morgan fingerprint density at radius 2 is 1.93 bits per heavy atom. The molecule has 1 aliphatic carbocycles. The molecule has 5 nitrogen and oxygen atoms in total. The van der Waals surface area contributed by atoms with Gasteiger partial charge < -0.3 is 9.84 Å². The minimum Gasteiger partial charge on any atom is -0.339 e. The zero-order valence-electron chi connectivity index (χ0n) is 16.5. The summed E-state index contributed by atoms with van der Waals surface area (Å²) < 4.78 is 5.26. The van der Waals surface area contributed by atoms with E-state index in [1.165, 1.54) is 30.6 Å². The van der Waals surface area contributed by atoms with Gasteiger partial charge in [-0.1, -0.05) is 38.8 Å². The van der Waals surface area contributed by atoms with Crippen molar-refractivity contribution in [1.82, 2.24) is 10.1 Å². The van der Waals surface area contributed by atoms with Gasteiger partial charge in [0.2, 0.25) is 11.8 Å². The van der Waals surface area contributed by atoms with Crippen LogP contribution >= 0.6 is 11.8 Å². The smallest absolute Gasteiger partial charge is 0.226 e. The van der Waals surface area contributed by atoms with Crippen LogP contribution in [0.25, 0.3) is 0 Å². The first-order valence-electron chi connectivity index (χ1n) is 9.80. The fraction of sp³-hybridized carbons (Fsp3) is 0.571. The number of hydrogen-bond donors (Lipinski definition) is 1. The summed E-state index contributed by atoms with van der Waals surface area (Å²) in [5, 5.41) is 7.73. The SMILES string of the molecule is CC(C)(C)c1noc(CCCC(=O)Nc2ccc(SC3CCCC3)cc2)n1. The largest absolute Gasteiger partial charge is 0.339 e. The van der Waals surface area contributed by atoms with E-state index in [0.717, 1.165) is 10.9 Å². The molecule has 0 spiro atoms. The number of hydrogen-bond acceptors (Lipinski definition) is 5. The van der Waals surface area contributed by atoms with E-state index in [9.17, 15) is 4.79 Å². The molecule has 1 amide bonds. The molecule has 6 heteroatoms. The maximum absolute atomic E-state index is 12.1. The first-order chi connectivity index (χ1) is 12.9. The van der Waals surface area contributed by atoms with Crippen molar-refractivity contribution in [2.24, 2.45) is 0 Å². The molecule has 0 atom stereocenters. The molecule has 1 heterocycles. The van der Waals surface area contributed by atoms with Crippen molar-refractivity contribution in [3.63, 3.8) is 0 Å². The second-order valence-corrected chi connectivity index (χ2v) is 9.59. The average Bonchev–Trinajstić information content (AvgIpc) is 3.28. The predicted molar refractivity (Wildman–Crippen MR) is 109 cm³/mol. The van der Waals surface area contributed by atoms with Crippen LogP contribution in [0.2, 0.25) is 0 Å². The van der Waals surface area contributed by atoms with Crippen LogP contribution in [0.4, 0.5) is 5.69 Å². The summed E-state index contributed by atoms with van der Waals surface area (Å²) in [5.74, 6) is 1.32. The third kappa shape index (κ3) is 6.09. The normalized spacial score (nSPS) is 15.2. The van der Waals surface area contributed by atoms with Crippen LogP contribution in [0, 0.1) is 0 Å². The van der Waals surface area contributed by atoms with E-state index in [-0.39, 0.29) is 11.3 Å². The molecule has 2 aromatic rings. The van der Waals surface area contributed by atoms with Crippen molar-refractivity contribution < 1.29 is 9.32 Å². The average molecular weight is 388 g/mol. The van der Waals surface area contributed by atoms with Gasteiger partial charge in [0.25, 0.3) is 0 Å². The highest BCUT2D eigenvalue weighted by molar-refractivity contribution is 8.00. The van der Waals surface area contributed by atoms with Crippen LogP contribution in [0.3, 0.4) is 0 Å². The van der Waals surface area contributed by atoms with E-state index in [1.807, 2.05) is 44.7 Å². The van der Waals surface area contributed by atoms with Crippen molar-refractivity contribution in [3.05, 3.63) is 36.0 Å². The number of nitrogens with zero attached hydrogens (tertiary/aromatic N) is 2. The van der Waals surface area contributed by atoms with Gasteiger partial charge in [0.1, 0.15) is 0 Å². The molecule has 1 saturated carbocycles. The summed E-state index contributed by atoms with van der Waals surface area (Å²) in [6, 6.07) is 8.18. The first-order valence-corrected chi connectivity index (χ1v) is 10.7. The number of amides is 1. The van der Waals surface area contributed by atoms with E-state index in [4.69, 9.17) is 4.52 Å². The van der Waals surface area contributed by atoms with Gasteiger partial charge in [0, 0.05) is 34.1 Å². The first kappa shape index (κ1) is 19.9. The summed E-state index contributed by atoms with van der Waals surface area (Å²) in [6.45, 7) is 6.14. The molecule has 1 fully saturated rings. The van der Waals surface area contributed by atoms with Gasteiger partial charge in [0.15, 0.2) is 5.82 Å². The minimum atomic E-state index is -0.124. The number of carbonyl (C=O) groups is 1. The predicted octanol–water partition coefficient (Wildman–Crippen LogP) is 5.36. The Labute approximate surface area is 165 Å². The maximum atomic E-state index is 12.1. The number of aryl methyl sites for hydroxylation is 1. The van der Waals surface area contributed by atoms with Crippen LogP contribution in [0.1, 0.15) is 71.0 Å². The Bertz CT molecular complexity index is 744. The Morgan fingerprint density at radius 3 is 2.56 bits per heavy atom. The van der Waals surface area contributed by atoms with Crippen molar-refractivity contribution in [2.45, 2.75) is 81.3 Å². The number of anilines is 1.